The van der Waals surface area contributed by atoms with Gasteiger partial charge in [0.1, 0.15) is 52.8 Å². The van der Waals surface area contributed by atoms with Crippen LogP contribution in [-0.4, -0.2) is 96.6 Å². The van der Waals surface area contributed by atoms with Crippen LogP contribution in [0, 0.1) is 11.3 Å². The molecule has 0 unspecified atom stereocenters. The molecule has 4 rings (SSSR count). The Kier molecular flexibility index (Phi) is 13.4. The first-order chi connectivity index (χ1) is 25.1. The number of hydrogen-bond donors (Lipinski definition) is 0. The largest absolute Gasteiger partial charge is 0.463 e. The number of imide groups is 1. The molecule has 2 amide bonds. The van der Waals surface area contributed by atoms with Crippen LogP contribution in [-0.2, 0) is 42.8 Å². The number of ether oxygens (including phenoxy) is 6. The molecule has 54 heavy (non-hydrogen) atoms. The van der Waals surface area contributed by atoms with E-state index in [1.165, 1.54) is 43.2 Å². The molecule has 0 aromatic carbocycles. The predicted octanol–water partition coefficient (Wildman–Crippen LogP) is 5.59. The van der Waals surface area contributed by atoms with Crippen molar-refractivity contribution < 1.29 is 52.4 Å². The van der Waals surface area contributed by atoms with Crippen LogP contribution in [0.25, 0.3) is 11.4 Å². The lowest BCUT2D eigenvalue weighted by molar-refractivity contribution is -0.212. The van der Waals surface area contributed by atoms with Gasteiger partial charge in [0, 0.05) is 41.7 Å². The predicted molar refractivity (Wildman–Crippen MR) is 194 cm³/mol. The first kappa shape index (κ1) is 42.1. The summed E-state index contributed by atoms with van der Waals surface area (Å²) in [6.07, 6.45) is -2.82. The Morgan fingerprint density at radius 3 is 2.15 bits per heavy atom. The molecule has 1 aliphatic heterocycles. The van der Waals surface area contributed by atoms with Gasteiger partial charge in [-0.3, -0.25) is 14.4 Å². The van der Waals surface area contributed by atoms with Crippen molar-refractivity contribution in [2.45, 2.75) is 108 Å². The highest BCUT2D eigenvalue weighted by molar-refractivity contribution is 9.10. The fourth-order valence-corrected chi connectivity index (χ4v) is 7.35. The Labute approximate surface area is 326 Å². The molecule has 3 aromatic heterocycles. The van der Waals surface area contributed by atoms with Crippen molar-refractivity contribution in [3.8, 4) is 17.5 Å². The third-order valence-electron chi connectivity index (χ3n) is 6.75. The molecule has 1 fully saturated rings. The number of nitrogens with zero attached hydrogens (tertiary/aromatic N) is 7. The minimum absolute atomic E-state index is 0.0535. The number of thiazole rings is 1. The van der Waals surface area contributed by atoms with E-state index < -0.39 is 71.1 Å². The number of esters is 3. The third kappa shape index (κ3) is 11.2. The van der Waals surface area contributed by atoms with Gasteiger partial charge in [0.2, 0.25) is 5.13 Å². The van der Waals surface area contributed by atoms with E-state index in [-0.39, 0.29) is 28.8 Å². The number of hydrogen-bond acceptors (Lipinski definition) is 18. The van der Waals surface area contributed by atoms with Crippen LogP contribution in [0.1, 0.15) is 74.0 Å². The van der Waals surface area contributed by atoms with Crippen LogP contribution in [0.4, 0.5) is 14.7 Å². The minimum atomic E-state index is -1.27. The van der Waals surface area contributed by atoms with Gasteiger partial charge in [0.15, 0.2) is 17.9 Å². The molecular weight excluding hydrogens is 814 g/mol. The molecule has 18 nitrogen and oxygen atoms in total. The van der Waals surface area contributed by atoms with E-state index in [2.05, 4.69) is 36.2 Å². The van der Waals surface area contributed by atoms with Gasteiger partial charge in [-0.05, 0) is 63.5 Å². The average Bonchev–Trinajstić information content (AvgIpc) is 3.70. The number of carbonyl (C=O) groups excluding carboxylic acids is 5. The zero-order valence-corrected chi connectivity index (χ0v) is 33.9. The normalized spacial score (nSPS) is 19.9. The van der Waals surface area contributed by atoms with Crippen LogP contribution in [0.5, 0.6) is 0 Å². The number of amides is 2. The van der Waals surface area contributed by atoms with E-state index in [9.17, 15) is 29.2 Å². The van der Waals surface area contributed by atoms with Gasteiger partial charge in [-0.15, -0.1) is 16.4 Å². The summed E-state index contributed by atoms with van der Waals surface area (Å²) in [6, 6.07) is 2.49. The average molecular weight is 853 g/mol. The van der Waals surface area contributed by atoms with E-state index in [0.29, 0.717) is 14.3 Å². The van der Waals surface area contributed by atoms with Crippen LogP contribution in [0.15, 0.2) is 33.2 Å². The maximum absolute atomic E-state index is 13.2. The number of aromatic nitrogens is 5. The summed E-state index contributed by atoms with van der Waals surface area (Å²) in [7, 11) is 0. The number of carbonyl (C=O) groups is 5. The van der Waals surface area contributed by atoms with Crippen molar-refractivity contribution in [1.82, 2.24) is 25.0 Å². The topological polar surface area (TPSA) is 224 Å². The monoisotopic (exact) mass is 851 g/mol. The first-order valence-electron chi connectivity index (χ1n) is 16.1. The summed E-state index contributed by atoms with van der Waals surface area (Å²) in [6.45, 7) is 13.0. The molecule has 0 radical (unpaired) electrons. The van der Waals surface area contributed by atoms with Crippen LogP contribution in [0.3, 0.4) is 0 Å². The molecule has 0 bridgehead atoms. The Morgan fingerprint density at radius 1 is 0.981 bits per heavy atom. The summed E-state index contributed by atoms with van der Waals surface area (Å²) in [4.78, 5) is 73.1. The highest BCUT2D eigenvalue weighted by Crippen LogP contribution is 2.42. The van der Waals surface area contributed by atoms with Crippen molar-refractivity contribution in [3.63, 3.8) is 0 Å². The number of thioether (sulfide) groups is 1. The summed E-state index contributed by atoms with van der Waals surface area (Å²) < 4.78 is 35.9. The number of halogens is 1. The van der Waals surface area contributed by atoms with Gasteiger partial charge < -0.3 is 28.4 Å². The second-order valence-corrected chi connectivity index (χ2v) is 16.5. The number of nitriles is 1. The van der Waals surface area contributed by atoms with Crippen LogP contribution < -0.4 is 4.90 Å². The fraction of sp³-hybridized carbons (Fsp3) is 0.515. The van der Waals surface area contributed by atoms with Crippen molar-refractivity contribution in [2.24, 2.45) is 0 Å². The van der Waals surface area contributed by atoms with Gasteiger partial charge in [0.25, 0.3) is 0 Å². The highest BCUT2D eigenvalue weighted by Gasteiger charge is 2.52. The van der Waals surface area contributed by atoms with E-state index in [1.54, 1.807) is 47.6 Å². The van der Waals surface area contributed by atoms with E-state index in [4.69, 9.17) is 28.4 Å². The maximum atomic E-state index is 13.2. The fourth-order valence-electron chi connectivity index (χ4n) is 4.87. The molecular formula is C33H38BrN7O11S2. The third-order valence-corrected chi connectivity index (χ3v) is 9.19. The van der Waals surface area contributed by atoms with E-state index in [0.717, 1.165) is 23.1 Å². The molecule has 1 aliphatic rings. The summed E-state index contributed by atoms with van der Waals surface area (Å²) >= 11 is 5.28. The molecule has 5 atom stereocenters. The maximum Gasteiger partial charge on any atom is 0.426 e. The number of anilines is 1. The molecule has 0 aliphatic carbocycles. The van der Waals surface area contributed by atoms with E-state index >= 15 is 0 Å². The summed E-state index contributed by atoms with van der Waals surface area (Å²) in [5, 5.41) is 19.7. The molecule has 0 N–H and O–H groups in total. The van der Waals surface area contributed by atoms with Gasteiger partial charge in [-0.2, -0.15) is 10.2 Å². The minimum Gasteiger partial charge on any atom is -0.463 e. The molecule has 3 aromatic rings. The Bertz CT molecular complexity index is 1910. The second-order valence-electron chi connectivity index (χ2n) is 13.6. The van der Waals surface area contributed by atoms with Crippen LogP contribution >= 0.6 is 39.0 Å². The van der Waals surface area contributed by atoms with Gasteiger partial charge in [-0.1, -0.05) is 17.0 Å². The van der Waals surface area contributed by atoms with Gasteiger partial charge in [0.05, 0.1) is 6.20 Å². The Balaban J connectivity index is 1.81. The molecule has 21 heteroatoms. The lowest BCUT2D eigenvalue weighted by Crippen LogP contribution is -2.57. The quantitative estimate of drug-likeness (QED) is 0.189. The lowest BCUT2D eigenvalue weighted by atomic mass is 9.96. The first-order valence-corrected chi connectivity index (χ1v) is 18.7. The highest BCUT2D eigenvalue weighted by atomic mass is 79.9. The van der Waals surface area contributed by atoms with Crippen molar-refractivity contribution >= 4 is 74.3 Å². The SMILES string of the molecule is CC(=O)OC[C@H]1O[C@H](Sc2cc(Br)cnc2C#N)[C@H](OC(C)=O)[C@@H](n2cc(-c3csc(N(C(=O)OC(C)(C)C)C(=O)OC(C)(C)C)n3)nn2)[C@H]1OC(C)=O. The number of rotatable bonds is 9. The molecule has 1 saturated heterocycles. The zero-order chi connectivity index (χ0) is 40.1. The second kappa shape index (κ2) is 17.2. The van der Waals surface area contributed by atoms with Crippen molar-refractivity contribution in [1.29, 1.82) is 5.26 Å². The molecule has 0 spiro atoms. The van der Waals surface area contributed by atoms with Crippen molar-refractivity contribution in [3.05, 3.63) is 34.0 Å². The Morgan fingerprint density at radius 2 is 1.59 bits per heavy atom. The van der Waals surface area contributed by atoms with Crippen LogP contribution in [0.2, 0.25) is 0 Å². The molecule has 0 saturated carbocycles. The van der Waals surface area contributed by atoms with Gasteiger partial charge in [-0.25, -0.2) is 24.2 Å². The Hall–Kier alpha value is -4.65. The van der Waals surface area contributed by atoms with Crippen molar-refractivity contribution in [2.75, 3.05) is 11.5 Å². The number of pyridine rings is 1. The molecule has 4 heterocycles. The summed E-state index contributed by atoms with van der Waals surface area (Å²) in [5.41, 5.74) is -2.63. The smallest absolute Gasteiger partial charge is 0.426 e. The summed E-state index contributed by atoms with van der Waals surface area (Å²) in [5.74, 6) is -2.09. The lowest BCUT2D eigenvalue weighted by Gasteiger charge is -2.44. The molecule has 290 valence electrons. The van der Waals surface area contributed by atoms with E-state index in [1.807, 2.05) is 6.07 Å². The van der Waals surface area contributed by atoms with Gasteiger partial charge >= 0.3 is 30.1 Å². The zero-order valence-electron chi connectivity index (χ0n) is 30.7. The standard InChI is InChI=1S/C33H38BrN7O11S2/c1-16(42)47-14-23-26(48-17(2)43)25(27(49-18(3)44)28(50-23)54-24-10-19(34)12-36-20(24)11-35)40-13-21(38-39-40)22-15-53-29(37-22)41(30(45)51-32(4,5)6)31(46)52-33(7,8)9/h10,12-13,15,23,25-28H,14H2,1-9H3/t23-,25+,26+,27-,28-/m1/s1.